The number of hydrogen-bond donors (Lipinski definition) is 0. The summed E-state index contributed by atoms with van der Waals surface area (Å²) in [6.07, 6.45) is 16.0. The summed E-state index contributed by atoms with van der Waals surface area (Å²) in [6.45, 7) is 5.69. The molecule has 1 heterocycles. The molecule has 0 aliphatic carbocycles. The van der Waals surface area contributed by atoms with Crippen molar-refractivity contribution in [3.8, 4) is 0 Å². The molecule has 1 nitrogen and oxygen atoms in total. The van der Waals surface area contributed by atoms with Crippen LogP contribution in [0.1, 0.15) is 84.5 Å². The highest BCUT2D eigenvalue weighted by atomic mass is 32.2. The van der Waals surface area contributed by atoms with Crippen molar-refractivity contribution in [3.05, 3.63) is 0 Å². The number of unbranched alkanes of at least 4 members (excludes halogenated alkanes) is 5. The normalized spacial score (nSPS) is 19.1. The Morgan fingerprint density at radius 1 is 0.850 bits per heavy atom. The molecule has 0 saturated carbocycles. The van der Waals surface area contributed by atoms with Gasteiger partial charge in [0.2, 0.25) is 0 Å². The summed E-state index contributed by atoms with van der Waals surface area (Å²) < 4.78 is 5.67. The van der Waals surface area contributed by atoms with Gasteiger partial charge in [-0.05, 0) is 55.8 Å². The molecular weight excluding hydrogens is 264 g/mol. The summed E-state index contributed by atoms with van der Waals surface area (Å²) >= 11 is 0. The molecule has 0 aromatic rings. The molecule has 0 aromatic heterocycles. The van der Waals surface area contributed by atoms with Crippen molar-refractivity contribution in [2.24, 2.45) is 0 Å². The predicted octanol–water partition coefficient (Wildman–Crippen LogP) is 5.33. The van der Waals surface area contributed by atoms with Gasteiger partial charge < -0.3 is 4.74 Å². The van der Waals surface area contributed by atoms with Crippen LogP contribution in [0.5, 0.6) is 0 Å². The third kappa shape index (κ3) is 9.28. The molecule has 1 rings (SSSR count). The largest absolute Gasteiger partial charge is 0.378 e. The van der Waals surface area contributed by atoms with Gasteiger partial charge in [-0.15, -0.1) is 0 Å². The average Bonchev–Trinajstić information content (AvgIpc) is 2.95. The van der Waals surface area contributed by atoms with E-state index in [0.717, 1.165) is 17.5 Å². The fraction of sp³-hybridized carbons (Fsp3) is 1.00. The Bertz CT molecular complexity index is 196. The quantitative estimate of drug-likeness (QED) is 0.330. The molecule has 0 spiro atoms. The smallest absolute Gasteiger partial charge is 0.108 e. The molecule has 120 valence electrons. The SMILES string of the molecule is CCC[S+](CCC)CCCCCCCCC1CCCO1. The van der Waals surface area contributed by atoms with E-state index in [1.807, 2.05) is 0 Å². The molecule has 20 heavy (non-hydrogen) atoms. The second kappa shape index (κ2) is 13.0. The van der Waals surface area contributed by atoms with E-state index in [4.69, 9.17) is 4.74 Å². The summed E-state index contributed by atoms with van der Waals surface area (Å²) in [4.78, 5) is 0. The van der Waals surface area contributed by atoms with E-state index in [9.17, 15) is 0 Å². The number of ether oxygens (including phenoxy) is 1. The Balaban J connectivity index is 1.83. The van der Waals surface area contributed by atoms with Gasteiger partial charge >= 0.3 is 0 Å². The zero-order chi connectivity index (χ0) is 14.5. The number of rotatable bonds is 13. The van der Waals surface area contributed by atoms with E-state index in [1.165, 1.54) is 87.9 Å². The fourth-order valence-electron chi connectivity index (χ4n) is 3.14. The van der Waals surface area contributed by atoms with Crippen LogP contribution in [0.4, 0.5) is 0 Å². The lowest BCUT2D eigenvalue weighted by molar-refractivity contribution is 0.102. The summed E-state index contributed by atoms with van der Waals surface area (Å²) in [5, 5.41) is 0. The van der Waals surface area contributed by atoms with Crippen molar-refractivity contribution in [1.82, 2.24) is 0 Å². The van der Waals surface area contributed by atoms with Crippen LogP contribution < -0.4 is 0 Å². The van der Waals surface area contributed by atoms with Crippen molar-refractivity contribution in [2.45, 2.75) is 90.6 Å². The molecule has 0 aromatic carbocycles. The van der Waals surface area contributed by atoms with Crippen molar-refractivity contribution < 1.29 is 4.74 Å². The summed E-state index contributed by atoms with van der Waals surface area (Å²) in [7, 11) is 0.748. The van der Waals surface area contributed by atoms with Crippen LogP contribution in [0.3, 0.4) is 0 Å². The Labute approximate surface area is 130 Å². The summed E-state index contributed by atoms with van der Waals surface area (Å²) in [6, 6.07) is 0. The molecule has 1 unspecified atom stereocenters. The Morgan fingerprint density at radius 2 is 1.50 bits per heavy atom. The van der Waals surface area contributed by atoms with Crippen molar-refractivity contribution >= 4 is 10.9 Å². The van der Waals surface area contributed by atoms with Gasteiger partial charge in [-0.3, -0.25) is 0 Å². The Hall–Kier alpha value is 0.310. The zero-order valence-electron chi connectivity index (χ0n) is 14.0. The van der Waals surface area contributed by atoms with Gasteiger partial charge in [0.1, 0.15) is 17.3 Å². The highest BCUT2D eigenvalue weighted by molar-refractivity contribution is 7.96. The van der Waals surface area contributed by atoms with E-state index in [0.29, 0.717) is 6.10 Å². The van der Waals surface area contributed by atoms with Gasteiger partial charge in [0, 0.05) is 6.61 Å². The molecule has 2 heteroatoms. The predicted molar refractivity (Wildman–Crippen MR) is 93.8 cm³/mol. The van der Waals surface area contributed by atoms with Crippen LogP contribution in [-0.2, 0) is 15.6 Å². The molecule has 0 radical (unpaired) electrons. The third-order valence-electron chi connectivity index (χ3n) is 4.22. The second-order valence-electron chi connectivity index (χ2n) is 6.27. The maximum absolute atomic E-state index is 5.67. The van der Waals surface area contributed by atoms with Crippen LogP contribution in [0.15, 0.2) is 0 Å². The molecule has 0 N–H and O–H groups in total. The minimum atomic E-state index is 0.611. The van der Waals surface area contributed by atoms with Gasteiger partial charge in [0.05, 0.1) is 6.10 Å². The molecule has 1 aliphatic rings. The molecule has 0 amide bonds. The Kier molecular flexibility index (Phi) is 11.9. The first-order valence-electron chi connectivity index (χ1n) is 9.12. The van der Waals surface area contributed by atoms with Crippen LogP contribution in [0.25, 0.3) is 0 Å². The van der Waals surface area contributed by atoms with Gasteiger partial charge in [0.25, 0.3) is 0 Å². The van der Waals surface area contributed by atoms with Crippen LogP contribution in [0.2, 0.25) is 0 Å². The van der Waals surface area contributed by atoms with Crippen LogP contribution in [0, 0.1) is 0 Å². The fourth-order valence-corrected chi connectivity index (χ4v) is 5.52. The number of hydrogen-bond acceptors (Lipinski definition) is 1. The molecule has 1 fully saturated rings. The Morgan fingerprint density at radius 3 is 2.10 bits per heavy atom. The first-order valence-corrected chi connectivity index (χ1v) is 10.9. The molecule has 1 atom stereocenters. The van der Waals surface area contributed by atoms with E-state index in [2.05, 4.69) is 13.8 Å². The van der Waals surface area contributed by atoms with E-state index in [-0.39, 0.29) is 0 Å². The molecular formula is C18H37OS+. The highest BCUT2D eigenvalue weighted by Gasteiger charge is 2.15. The van der Waals surface area contributed by atoms with Gasteiger partial charge in [-0.2, -0.15) is 0 Å². The maximum Gasteiger partial charge on any atom is 0.108 e. The summed E-state index contributed by atoms with van der Waals surface area (Å²) in [5.41, 5.74) is 0. The lowest BCUT2D eigenvalue weighted by Crippen LogP contribution is -2.15. The van der Waals surface area contributed by atoms with E-state index >= 15 is 0 Å². The van der Waals surface area contributed by atoms with Crippen LogP contribution >= 0.6 is 0 Å². The van der Waals surface area contributed by atoms with Crippen LogP contribution in [-0.4, -0.2) is 30.0 Å². The molecule has 1 aliphatic heterocycles. The first kappa shape index (κ1) is 18.4. The lowest BCUT2D eigenvalue weighted by atomic mass is 10.1. The maximum atomic E-state index is 5.67. The van der Waals surface area contributed by atoms with Crippen molar-refractivity contribution in [1.29, 1.82) is 0 Å². The van der Waals surface area contributed by atoms with Crippen molar-refractivity contribution in [3.63, 3.8) is 0 Å². The van der Waals surface area contributed by atoms with Crippen molar-refractivity contribution in [2.75, 3.05) is 23.9 Å². The minimum Gasteiger partial charge on any atom is -0.378 e. The van der Waals surface area contributed by atoms with Gasteiger partial charge in [-0.1, -0.05) is 39.5 Å². The van der Waals surface area contributed by atoms with E-state index in [1.54, 1.807) is 0 Å². The summed E-state index contributed by atoms with van der Waals surface area (Å²) in [5.74, 6) is 4.47. The zero-order valence-corrected chi connectivity index (χ0v) is 14.8. The average molecular weight is 302 g/mol. The lowest BCUT2D eigenvalue weighted by Gasteiger charge is -2.09. The highest BCUT2D eigenvalue weighted by Crippen LogP contribution is 2.19. The van der Waals surface area contributed by atoms with E-state index < -0.39 is 0 Å². The monoisotopic (exact) mass is 301 g/mol. The third-order valence-corrected chi connectivity index (χ3v) is 7.06. The topological polar surface area (TPSA) is 9.23 Å². The van der Waals surface area contributed by atoms with Gasteiger partial charge in [-0.25, -0.2) is 0 Å². The standard InChI is InChI=1S/C18H37OS/c1-3-15-20(16-4-2)17-10-8-6-5-7-9-12-18-13-11-14-19-18/h18H,3-17H2,1-2H3/q+1. The molecule has 0 bridgehead atoms. The van der Waals surface area contributed by atoms with Gasteiger partial charge in [0.15, 0.2) is 0 Å². The first-order chi connectivity index (χ1) is 9.86. The molecule has 1 saturated heterocycles. The second-order valence-corrected chi connectivity index (χ2v) is 8.72. The minimum absolute atomic E-state index is 0.611.